The number of aliphatic imine (C=N–C) groups is 1. The Bertz CT molecular complexity index is 1310. The van der Waals surface area contributed by atoms with Gasteiger partial charge in [-0.2, -0.15) is 0 Å². The Hall–Kier alpha value is -5.10. The van der Waals surface area contributed by atoms with Crippen LogP contribution >= 0.6 is 0 Å². The molecule has 14 nitrogen and oxygen atoms in total. The van der Waals surface area contributed by atoms with E-state index in [1.165, 1.54) is 0 Å². The van der Waals surface area contributed by atoms with Crippen molar-refractivity contribution >= 4 is 30.0 Å². The van der Waals surface area contributed by atoms with Crippen LogP contribution < -0.4 is 16.0 Å². The molecule has 0 radical (unpaired) electrons. The molecule has 4 amide bonds. The lowest BCUT2D eigenvalue weighted by Gasteiger charge is -2.28. The van der Waals surface area contributed by atoms with Crippen molar-refractivity contribution in [3.05, 3.63) is 82.2 Å². The van der Waals surface area contributed by atoms with Crippen LogP contribution in [-0.4, -0.2) is 65.2 Å². The van der Waals surface area contributed by atoms with Gasteiger partial charge >= 0.3 is 12.2 Å². The predicted molar refractivity (Wildman–Crippen MR) is 173 cm³/mol. The van der Waals surface area contributed by atoms with Crippen LogP contribution in [0.25, 0.3) is 10.4 Å². The summed E-state index contributed by atoms with van der Waals surface area (Å²) in [6.45, 7) is 10.3. The van der Waals surface area contributed by atoms with Crippen LogP contribution in [0, 0.1) is 0 Å². The molecule has 0 aliphatic carbocycles. The van der Waals surface area contributed by atoms with Crippen LogP contribution in [0.1, 0.15) is 65.5 Å². The van der Waals surface area contributed by atoms with Gasteiger partial charge in [-0.3, -0.25) is 25.2 Å². The Kier molecular flexibility index (Phi) is 14.5. The van der Waals surface area contributed by atoms with Crippen LogP contribution in [-0.2, 0) is 32.2 Å². The van der Waals surface area contributed by atoms with Gasteiger partial charge in [-0.1, -0.05) is 65.8 Å². The van der Waals surface area contributed by atoms with E-state index in [2.05, 4.69) is 31.0 Å². The largest absolute Gasteiger partial charge is 0.444 e. The van der Waals surface area contributed by atoms with Crippen LogP contribution in [0.4, 0.5) is 9.59 Å². The lowest BCUT2D eigenvalue weighted by atomic mass is 10.1. The van der Waals surface area contributed by atoms with E-state index in [1.54, 1.807) is 46.4 Å². The smallest absolute Gasteiger partial charge is 0.414 e. The molecule has 14 heteroatoms. The van der Waals surface area contributed by atoms with Crippen molar-refractivity contribution in [2.75, 3.05) is 13.1 Å². The van der Waals surface area contributed by atoms with E-state index in [1.807, 2.05) is 60.7 Å². The molecule has 0 unspecified atom stereocenters. The second-order valence-corrected chi connectivity index (χ2v) is 12.3. The minimum Gasteiger partial charge on any atom is -0.444 e. The number of hydrogen-bond donors (Lipinski definition) is 3. The van der Waals surface area contributed by atoms with Crippen molar-refractivity contribution < 1.29 is 28.7 Å². The molecule has 46 heavy (non-hydrogen) atoms. The van der Waals surface area contributed by atoms with E-state index in [-0.39, 0.29) is 31.3 Å². The van der Waals surface area contributed by atoms with Crippen molar-refractivity contribution in [2.45, 2.75) is 84.7 Å². The minimum absolute atomic E-state index is 0.0499. The summed E-state index contributed by atoms with van der Waals surface area (Å²) in [7, 11) is 0. The van der Waals surface area contributed by atoms with Gasteiger partial charge < -0.3 is 19.7 Å². The zero-order valence-corrected chi connectivity index (χ0v) is 27.3. The number of carbonyl (C=O) groups excluding carboxylic acids is 4. The Morgan fingerprint density at radius 3 is 1.74 bits per heavy atom. The molecular weight excluding hydrogens is 592 g/mol. The normalized spacial score (nSPS) is 11.6. The second kappa shape index (κ2) is 18.0. The fourth-order valence-electron chi connectivity index (χ4n) is 4.03. The molecule has 3 N–H and O–H groups in total. The highest BCUT2D eigenvalue weighted by atomic mass is 16.6. The molecule has 0 aliphatic rings. The third kappa shape index (κ3) is 15.6. The summed E-state index contributed by atoms with van der Waals surface area (Å²) in [5, 5.41) is 10.8. The molecule has 0 aliphatic heterocycles. The number of guanidine groups is 1. The van der Waals surface area contributed by atoms with Crippen molar-refractivity contribution in [2.24, 2.45) is 10.1 Å². The molecule has 1 atom stereocenters. The first-order valence-corrected chi connectivity index (χ1v) is 14.9. The quantitative estimate of drug-likeness (QED) is 0.0717. The average Bonchev–Trinajstić information content (AvgIpc) is 2.96. The van der Waals surface area contributed by atoms with E-state index in [0.717, 1.165) is 11.1 Å². The number of alkyl carbamates (subject to hydrolysis) is 2. The Balaban J connectivity index is 2.27. The molecule has 0 saturated heterocycles. The molecular formula is C32H44N8O6. The molecule has 2 aromatic rings. The first kappa shape index (κ1) is 37.1. The Morgan fingerprint density at radius 2 is 1.30 bits per heavy atom. The number of carbonyl (C=O) groups is 4. The highest BCUT2D eigenvalue weighted by Gasteiger charge is 2.26. The maximum Gasteiger partial charge on any atom is 0.414 e. The van der Waals surface area contributed by atoms with E-state index < -0.39 is 41.9 Å². The van der Waals surface area contributed by atoms with Gasteiger partial charge in [0.05, 0.1) is 0 Å². The van der Waals surface area contributed by atoms with Gasteiger partial charge in [0.2, 0.25) is 17.8 Å². The standard InChI is InChI=1S/C32H44N8O6/c1-31(2,3)45-29(43)37-28(38-30(44)46-32(4,5)6)34-19-13-18-25(36-26(41)20-35-39-33)27(42)40(21-23-14-9-7-10-15-23)22-24-16-11-8-12-17-24/h7-12,14-17,25H,13,18-22H2,1-6H3,(H,36,41)(H2,34,37,38,43,44)/t25-/m0/s1. The number of rotatable bonds is 12. The lowest BCUT2D eigenvalue weighted by Crippen LogP contribution is -2.49. The highest BCUT2D eigenvalue weighted by molar-refractivity contribution is 6.01. The van der Waals surface area contributed by atoms with Crippen molar-refractivity contribution in [1.29, 1.82) is 0 Å². The van der Waals surface area contributed by atoms with E-state index in [0.29, 0.717) is 13.1 Å². The number of nitrogens with one attached hydrogen (secondary N) is 3. The van der Waals surface area contributed by atoms with Crippen LogP contribution in [0.3, 0.4) is 0 Å². The van der Waals surface area contributed by atoms with Gasteiger partial charge in [0.15, 0.2) is 0 Å². The molecule has 0 spiro atoms. The Labute approximate surface area is 269 Å². The minimum atomic E-state index is -0.981. The fraction of sp³-hybridized carbons (Fsp3) is 0.469. The molecule has 2 aromatic carbocycles. The molecule has 0 aromatic heterocycles. The molecule has 0 fully saturated rings. The number of benzene rings is 2. The molecule has 0 saturated carbocycles. The van der Waals surface area contributed by atoms with Crippen LogP contribution in [0.5, 0.6) is 0 Å². The maximum absolute atomic E-state index is 14.0. The zero-order valence-electron chi connectivity index (χ0n) is 27.3. The summed E-state index contributed by atoms with van der Waals surface area (Å²) < 4.78 is 10.5. The summed E-state index contributed by atoms with van der Waals surface area (Å²) in [6, 6.07) is 17.9. The van der Waals surface area contributed by atoms with Crippen molar-refractivity contribution in [1.82, 2.24) is 20.9 Å². The van der Waals surface area contributed by atoms with Crippen molar-refractivity contribution in [3.8, 4) is 0 Å². The summed E-state index contributed by atoms with van der Waals surface area (Å²) in [5.74, 6) is -1.16. The van der Waals surface area contributed by atoms with Crippen LogP contribution in [0.15, 0.2) is 70.8 Å². The number of ether oxygens (including phenoxy) is 2. The first-order valence-electron chi connectivity index (χ1n) is 14.9. The summed E-state index contributed by atoms with van der Waals surface area (Å²) in [6.07, 6.45) is -1.26. The summed E-state index contributed by atoms with van der Waals surface area (Å²) in [5.41, 5.74) is 8.87. The van der Waals surface area contributed by atoms with Gasteiger partial charge in [0.1, 0.15) is 23.8 Å². The third-order valence-electron chi connectivity index (χ3n) is 5.81. The SMILES string of the molecule is CC(C)(C)OC(=O)NC(=NCCC[C@H](NC(=O)CN=[N+]=[N-])C(=O)N(Cc1ccccc1)Cc1ccccc1)NC(=O)OC(C)(C)C. The summed E-state index contributed by atoms with van der Waals surface area (Å²) in [4.78, 5) is 59.9. The number of azide groups is 1. The fourth-order valence-corrected chi connectivity index (χ4v) is 4.03. The van der Waals surface area contributed by atoms with Gasteiger partial charge in [0, 0.05) is 24.5 Å². The number of nitrogens with zero attached hydrogens (tertiary/aromatic N) is 5. The molecule has 0 heterocycles. The van der Waals surface area contributed by atoms with Gasteiger partial charge in [-0.15, -0.1) is 0 Å². The number of hydrogen-bond acceptors (Lipinski definition) is 8. The van der Waals surface area contributed by atoms with E-state index >= 15 is 0 Å². The van der Waals surface area contributed by atoms with Gasteiger partial charge in [0.25, 0.3) is 0 Å². The first-order chi connectivity index (χ1) is 21.6. The predicted octanol–water partition coefficient (Wildman–Crippen LogP) is 5.20. The summed E-state index contributed by atoms with van der Waals surface area (Å²) >= 11 is 0. The zero-order chi connectivity index (χ0) is 34.2. The van der Waals surface area contributed by atoms with Gasteiger partial charge in [-0.25, -0.2) is 9.59 Å². The molecule has 0 bridgehead atoms. The van der Waals surface area contributed by atoms with E-state index in [9.17, 15) is 19.2 Å². The van der Waals surface area contributed by atoms with Crippen LogP contribution in [0.2, 0.25) is 0 Å². The van der Waals surface area contributed by atoms with Crippen molar-refractivity contribution in [3.63, 3.8) is 0 Å². The molecule has 248 valence electrons. The highest BCUT2D eigenvalue weighted by Crippen LogP contribution is 2.14. The van der Waals surface area contributed by atoms with E-state index in [4.69, 9.17) is 15.0 Å². The second-order valence-electron chi connectivity index (χ2n) is 12.3. The Morgan fingerprint density at radius 1 is 0.826 bits per heavy atom. The van der Waals surface area contributed by atoms with Gasteiger partial charge in [-0.05, 0) is 71.0 Å². The average molecular weight is 637 g/mol. The topological polar surface area (TPSA) is 187 Å². The molecule has 2 rings (SSSR count). The third-order valence-corrected chi connectivity index (χ3v) is 5.81. The monoisotopic (exact) mass is 636 g/mol. The lowest BCUT2D eigenvalue weighted by molar-refractivity contribution is -0.137. The maximum atomic E-state index is 14.0. The number of amides is 4.